The molecule has 0 atom stereocenters. The SMILES string of the molecule is CCC.NN1CCOCC1. The molecular formula is C7H18N2O. The van der Waals surface area contributed by atoms with Crippen LogP contribution in [-0.2, 0) is 4.74 Å². The van der Waals surface area contributed by atoms with E-state index < -0.39 is 0 Å². The average molecular weight is 146 g/mol. The molecule has 0 aliphatic carbocycles. The lowest BCUT2D eigenvalue weighted by Crippen LogP contribution is -2.41. The van der Waals surface area contributed by atoms with Gasteiger partial charge in [0.25, 0.3) is 0 Å². The maximum Gasteiger partial charge on any atom is 0.0608 e. The quantitative estimate of drug-likeness (QED) is 0.509. The summed E-state index contributed by atoms with van der Waals surface area (Å²) >= 11 is 0. The van der Waals surface area contributed by atoms with Gasteiger partial charge >= 0.3 is 0 Å². The number of nitrogens with two attached hydrogens (primary N) is 1. The van der Waals surface area contributed by atoms with Crippen molar-refractivity contribution in [2.75, 3.05) is 26.3 Å². The van der Waals surface area contributed by atoms with Crippen LogP contribution in [0.3, 0.4) is 0 Å². The van der Waals surface area contributed by atoms with Crippen LogP contribution in [0.2, 0.25) is 0 Å². The van der Waals surface area contributed by atoms with Crippen molar-refractivity contribution in [3.05, 3.63) is 0 Å². The van der Waals surface area contributed by atoms with Crippen LogP contribution in [0.4, 0.5) is 0 Å². The molecule has 0 radical (unpaired) electrons. The molecule has 1 heterocycles. The summed E-state index contributed by atoms with van der Waals surface area (Å²) in [6, 6.07) is 0. The van der Waals surface area contributed by atoms with Crippen molar-refractivity contribution < 1.29 is 4.74 Å². The van der Waals surface area contributed by atoms with E-state index in [9.17, 15) is 0 Å². The lowest BCUT2D eigenvalue weighted by atomic mass is 10.5. The van der Waals surface area contributed by atoms with Gasteiger partial charge in [0.15, 0.2) is 0 Å². The van der Waals surface area contributed by atoms with E-state index in [0.717, 1.165) is 26.3 Å². The summed E-state index contributed by atoms with van der Waals surface area (Å²) in [5, 5.41) is 1.77. The highest BCUT2D eigenvalue weighted by atomic mass is 16.5. The van der Waals surface area contributed by atoms with E-state index in [1.54, 1.807) is 5.01 Å². The Labute approximate surface area is 63.1 Å². The maximum absolute atomic E-state index is 5.39. The van der Waals surface area contributed by atoms with E-state index in [1.807, 2.05) is 0 Å². The van der Waals surface area contributed by atoms with Crippen LogP contribution in [0.5, 0.6) is 0 Å². The standard InChI is InChI=1S/C4H10N2O.C3H8/c5-6-1-3-7-4-2-6;1-3-2/h1-5H2;3H2,1-2H3. The fourth-order valence-corrected chi connectivity index (χ4v) is 0.577. The molecule has 0 spiro atoms. The molecule has 0 bridgehead atoms. The second-order valence-corrected chi connectivity index (χ2v) is 2.36. The third-order valence-corrected chi connectivity index (χ3v) is 1.05. The number of hydrazine groups is 1. The number of hydrogen-bond donors (Lipinski definition) is 1. The van der Waals surface area contributed by atoms with Gasteiger partial charge in [-0.05, 0) is 0 Å². The molecule has 0 aromatic heterocycles. The van der Waals surface area contributed by atoms with Crippen molar-refractivity contribution in [1.82, 2.24) is 5.01 Å². The Morgan fingerprint density at radius 3 is 1.90 bits per heavy atom. The Balaban J connectivity index is 0.000000236. The first-order chi connectivity index (χ1) is 4.81. The number of hydrogen-bond acceptors (Lipinski definition) is 3. The lowest BCUT2D eigenvalue weighted by molar-refractivity contribution is 0.0378. The molecule has 3 nitrogen and oxygen atoms in total. The first-order valence-electron chi connectivity index (χ1n) is 3.88. The van der Waals surface area contributed by atoms with E-state index in [1.165, 1.54) is 6.42 Å². The fourth-order valence-electron chi connectivity index (χ4n) is 0.577. The smallest absolute Gasteiger partial charge is 0.0608 e. The van der Waals surface area contributed by atoms with Crippen LogP contribution < -0.4 is 5.84 Å². The van der Waals surface area contributed by atoms with E-state index in [-0.39, 0.29) is 0 Å². The van der Waals surface area contributed by atoms with E-state index in [0.29, 0.717) is 0 Å². The zero-order valence-electron chi connectivity index (χ0n) is 6.97. The first-order valence-corrected chi connectivity index (χ1v) is 3.88. The largest absolute Gasteiger partial charge is 0.379 e. The van der Waals surface area contributed by atoms with Crippen molar-refractivity contribution >= 4 is 0 Å². The van der Waals surface area contributed by atoms with Gasteiger partial charge in [0, 0.05) is 13.1 Å². The summed E-state index contributed by atoms with van der Waals surface area (Å²) in [6.45, 7) is 7.58. The van der Waals surface area contributed by atoms with Crippen LogP contribution in [-0.4, -0.2) is 31.3 Å². The highest BCUT2D eigenvalue weighted by Crippen LogP contribution is 1.86. The highest BCUT2D eigenvalue weighted by molar-refractivity contribution is 4.51. The summed E-state index contributed by atoms with van der Waals surface area (Å²) in [5.74, 6) is 5.39. The Hall–Kier alpha value is -0.120. The van der Waals surface area contributed by atoms with Gasteiger partial charge in [0.05, 0.1) is 13.2 Å². The van der Waals surface area contributed by atoms with Gasteiger partial charge in [0.1, 0.15) is 0 Å². The van der Waals surface area contributed by atoms with Crippen LogP contribution in [0.1, 0.15) is 20.3 Å². The predicted octanol–water partition coefficient (Wildman–Crippen LogP) is 0.609. The third-order valence-electron chi connectivity index (χ3n) is 1.05. The molecule has 1 aliphatic heterocycles. The maximum atomic E-state index is 5.39. The van der Waals surface area contributed by atoms with Crippen molar-refractivity contribution in [1.29, 1.82) is 0 Å². The molecule has 3 heteroatoms. The Morgan fingerprint density at radius 2 is 1.70 bits per heavy atom. The molecule has 1 rings (SSSR count). The molecular weight excluding hydrogens is 128 g/mol. The van der Waals surface area contributed by atoms with E-state index in [4.69, 9.17) is 10.6 Å². The van der Waals surface area contributed by atoms with E-state index >= 15 is 0 Å². The van der Waals surface area contributed by atoms with Gasteiger partial charge in [-0.3, -0.25) is 5.84 Å². The van der Waals surface area contributed by atoms with Crippen molar-refractivity contribution in [3.63, 3.8) is 0 Å². The van der Waals surface area contributed by atoms with Crippen molar-refractivity contribution in [2.45, 2.75) is 20.3 Å². The molecule has 1 fully saturated rings. The van der Waals surface area contributed by atoms with Crippen molar-refractivity contribution in [2.24, 2.45) is 5.84 Å². The third kappa shape index (κ3) is 6.01. The molecule has 0 aromatic carbocycles. The van der Waals surface area contributed by atoms with Crippen LogP contribution in [0.15, 0.2) is 0 Å². The second kappa shape index (κ2) is 6.99. The Bertz CT molecular complexity index is 62.6. The lowest BCUT2D eigenvalue weighted by Gasteiger charge is -2.20. The van der Waals surface area contributed by atoms with Crippen molar-refractivity contribution in [3.8, 4) is 0 Å². The minimum Gasteiger partial charge on any atom is -0.379 e. The first kappa shape index (κ1) is 9.88. The summed E-state index contributed by atoms with van der Waals surface area (Å²) < 4.78 is 5.02. The number of nitrogens with zero attached hydrogens (tertiary/aromatic N) is 1. The molecule has 2 N–H and O–H groups in total. The predicted molar refractivity (Wildman–Crippen MR) is 42.5 cm³/mol. The zero-order chi connectivity index (χ0) is 7.82. The minimum absolute atomic E-state index is 0.788. The van der Waals surface area contributed by atoms with Gasteiger partial charge < -0.3 is 4.74 Å². The molecule has 1 saturated heterocycles. The minimum atomic E-state index is 0.788. The van der Waals surface area contributed by atoms with Crippen LogP contribution >= 0.6 is 0 Å². The number of rotatable bonds is 0. The molecule has 0 aromatic rings. The zero-order valence-corrected chi connectivity index (χ0v) is 6.97. The monoisotopic (exact) mass is 146 g/mol. The Morgan fingerprint density at radius 1 is 1.30 bits per heavy atom. The summed E-state index contributed by atoms with van der Waals surface area (Å²) in [6.07, 6.45) is 1.25. The summed E-state index contributed by atoms with van der Waals surface area (Å²) in [5.41, 5.74) is 0. The molecule has 1 aliphatic rings. The topological polar surface area (TPSA) is 38.5 Å². The molecule has 0 unspecified atom stereocenters. The Kier molecular flexibility index (Phi) is 6.91. The molecule has 62 valence electrons. The van der Waals surface area contributed by atoms with E-state index in [2.05, 4.69) is 13.8 Å². The molecule has 0 amide bonds. The fraction of sp³-hybridized carbons (Fsp3) is 1.00. The molecule has 10 heavy (non-hydrogen) atoms. The van der Waals surface area contributed by atoms with Gasteiger partial charge in [-0.2, -0.15) is 0 Å². The molecule has 0 saturated carbocycles. The summed E-state index contributed by atoms with van der Waals surface area (Å²) in [4.78, 5) is 0. The van der Waals surface area contributed by atoms with Gasteiger partial charge in [-0.1, -0.05) is 20.3 Å². The van der Waals surface area contributed by atoms with Gasteiger partial charge in [-0.15, -0.1) is 0 Å². The van der Waals surface area contributed by atoms with Crippen LogP contribution in [0.25, 0.3) is 0 Å². The van der Waals surface area contributed by atoms with Crippen LogP contribution in [0, 0.1) is 0 Å². The van der Waals surface area contributed by atoms with Gasteiger partial charge in [0.2, 0.25) is 0 Å². The number of morpholine rings is 1. The summed E-state index contributed by atoms with van der Waals surface area (Å²) in [7, 11) is 0. The highest BCUT2D eigenvalue weighted by Gasteiger charge is 2.02. The normalized spacial score (nSPS) is 19.5. The number of ether oxygens (including phenoxy) is 1. The average Bonchev–Trinajstić information content (AvgIpc) is 1.91. The van der Waals surface area contributed by atoms with Gasteiger partial charge in [-0.25, -0.2) is 5.01 Å². The second-order valence-electron chi connectivity index (χ2n) is 2.36.